The molecule has 0 aliphatic rings. The lowest BCUT2D eigenvalue weighted by atomic mass is 10.2. The molecule has 1 aromatic heterocycles. The van der Waals surface area contributed by atoms with Gasteiger partial charge in [-0.2, -0.15) is 10.4 Å². The SMILES string of the molecule is C[C@@H](OC(=O)Cn1ncn(C)c1=O)C(=O)Nc1ccc(C#N)c(Cl)c1. The van der Waals surface area contributed by atoms with Gasteiger partial charge in [-0.25, -0.2) is 9.48 Å². The average Bonchev–Trinajstić information content (AvgIpc) is 2.87. The summed E-state index contributed by atoms with van der Waals surface area (Å²) in [6.45, 7) is 0.986. The summed E-state index contributed by atoms with van der Waals surface area (Å²) >= 11 is 5.88. The van der Waals surface area contributed by atoms with Crippen LogP contribution >= 0.6 is 11.6 Å². The summed E-state index contributed by atoms with van der Waals surface area (Å²) in [5, 5.41) is 15.3. The van der Waals surface area contributed by atoms with Crippen molar-refractivity contribution in [2.24, 2.45) is 7.05 Å². The molecular weight excluding hydrogens is 350 g/mol. The molecule has 0 fully saturated rings. The van der Waals surface area contributed by atoms with Gasteiger partial charge in [-0.1, -0.05) is 11.6 Å². The monoisotopic (exact) mass is 363 g/mol. The second-order valence-corrected chi connectivity index (χ2v) is 5.52. The Morgan fingerprint density at radius 3 is 2.76 bits per heavy atom. The number of rotatable bonds is 5. The molecule has 2 rings (SSSR count). The highest BCUT2D eigenvalue weighted by molar-refractivity contribution is 6.32. The smallest absolute Gasteiger partial charge is 0.345 e. The van der Waals surface area contributed by atoms with E-state index in [-0.39, 0.29) is 10.6 Å². The molecular formula is C15H14ClN5O4. The maximum atomic E-state index is 12.1. The quantitative estimate of drug-likeness (QED) is 0.780. The number of amides is 1. The molecule has 25 heavy (non-hydrogen) atoms. The van der Waals surface area contributed by atoms with Crippen LogP contribution < -0.4 is 11.0 Å². The highest BCUT2D eigenvalue weighted by Crippen LogP contribution is 2.20. The average molecular weight is 364 g/mol. The number of ether oxygens (including phenoxy) is 1. The fraction of sp³-hybridized carbons (Fsp3) is 0.267. The first-order valence-corrected chi connectivity index (χ1v) is 7.48. The van der Waals surface area contributed by atoms with E-state index >= 15 is 0 Å². The predicted molar refractivity (Wildman–Crippen MR) is 87.8 cm³/mol. The van der Waals surface area contributed by atoms with Crippen molar-refractivity contribution in [3.8, 4) is 6.07 Å². The number of anilines is 1. The second kappa shape index (κ2) is 7.63. The number of hydrogen-bond acceptors (Lipinski definition) is 6. The van der Waals surface area contributed by atoms with E-state index in [1.165, 1.54) is 43.1 Å². The Labute approximate surface area is 147 Å². The normalized spacial score (nSPS) is 11.4. The molecule has 2 aromatic rings. The lowest BCUT2D eigenvalue weighted by Crippen LogP contribution is -2.33. The van der Waals surface area contributed by atoms with Crippen LogP contribution in [0.4, 0.5) is 5.69 Å². The molecule has 0 radical (unpaired) electrons. The van der Waals surface area contributed by atoms with Crippen molar-refractivity contribution in [2.75, 3.05) is 5.32 Å². The predicted octanol–water partition coefficient (Wildman–Crippen LogP) is 0.677. The molecule has 0 saturated heterocycles. The van der Waals surface area contributed by atoms with Gasteiger partial charge in [0.1, 0.15) is 18.9 Å². The van der Waals surface area contributed by atoms with Gasteiger partial charge in [0.05, 0.1) is 10.6 Å². The maximum Gasteiger partial charge on any atom is 0.345 e. The molecule has 0 unspecified atom stereocenters. The minimum Gasteiger partial charge on any atom is -0.451 e. The number of halogens is 1. The van der Waals surface area contributed by atoms with Gasteiger partial charge in [0, 0.05) is 12.7 Å². The first kappa shape index (κ1) is 18.2. The van der Waals surface area contributed by atoms with Crippen LogP contribution in [0.2, 0.25) is 5.02 Å². The third-order valence-electron chi connectivity index (χ3n) is 3.20. The molecule has 0 saturated carbocycles. The minimum atomic E-state index is -1.10. The lowest BCUT2D eigenvalue weighted by molar-refractivity contribution is -0.154. The van der Waals surface area contributed by atoms with Gasteiger partial charge >= 0.3 is 11.7 Å². The molecule has 1 heterocycles. The Kier molecular flexibility index (Phi) is 5.56. The van der Waals surface area contributed by atoms with E-state index in [1.54, 1.807) is 0 Å². The number of aromatic nitrogens is 3. The standard InChI is InChI=1S/C15H14ClN5O4/c1-9(25-13(22)7-21-15(24)20(2)8-18-21)14(23)19-11-4-3-10(6-17)12(16)5-11/h3-5,8-9H,7H2,1-2H3,(H,19,23)/t9-/m1/s1. The summed E-state index contributed by atoms with van der Waals surface area (Å²) in [7, 11) is 1.50. The number of benzene rings is 1. The second-order valence-electron chi connectivity index (χ2n) is 5.11. The van der Waals surface area contributed by atoms with Crippen LogP contribution in [0.3, 0.4) is 0 Å². The molecule has 130 valence electrons. The van der Waals surface area contributed by atoms with Crippen molar-refractivity contribution in [1.82, 2.24) is 14.3 Å². The number of carbonyl (C=O) groups is 2. The fourth-order valence-corrected chi connectivity index (χ4v) is 2.09. The topological polar surface area (TPSA) is 119 Å². The van der Waals surface area contributed by atoms with Gasteiger partial charge in [0.2, 0.25) is 0 Å². The number of nitrogens with zero attached hydrogens (tertiary/aromatic N) is 4. The van der Waals surface area contributed by atoms with Gasteiger partial charge in [-0.05, 0) is 25.1 Å². The fourth-order valence-electron chi connectivity index (χ4n) is 1.87. The molecule has 9 nitrogen and oxygen atoms in total. The number of aryl methyl sites for hydroxylation is 1. The van der Waals surface area contributed by atoms with Gasteiger partial charge in [-0.3, -0.25) is 14.2 Å². The van der Waals surface area contributed by atoms with Crippen molar-refractivity contribution in [3.63, 3.8) is 0 Å². The maximum absolute atomic E-state index is 12.1. The van der Waals surface area contributed by atoms with Gasteiger partial charge < -0.3 is 10.1 Å². The van der Waals surface area contributed by atoms with Crippen LogP contribution in [0.1, 0.15) is 12.5 Å². The molecule has 1 aromatic carbocycles. The van der Waals surface area contributed by atoms with Crippen LogP contribution in [-0.2, 0) is 27.9 Å². The van der Waals surface area contributed by atoms with E-state index in [0.717, 1.165) is 4.68 Å². The zero-order chi connectivity index (χ0) is 18.6. The van der Waals surface area contributed by atoms with Crippen LogP contribution in [0, 0.1) is 11.3 Å². The van der Waals surface area contributed by atoms with Crippen LogP contribution in [0.25, 0.3) is 0 Å². The molecule has 0 aliphatic carbocycles. The molecule has 0 aliphatic heterocycles. The lowest BCUT2D eigenvalue weighted by Gasteiger charge is -2.13. The van der Waals surface area contributed by atoms with Crippen LogP contribution in [0.15, 0.2) is 29.3 Å². The first-order chi connectivity index (χ1) is 11.8. The highest BCUT2D eigenvalue weighted by atomic mass is 35.5. The van der Waals surface area contributed by atoms with Crippen molar-refractivity contribution in [3.05, 3.63) is 45.6 Å². The Balaban J connectivity index is 1.94. The largest absolute Gasteiger partial charge is 0.451 e. The number of nitrogens with one attached hydrogen (secondary N) is 1. The van der Waals surface area contributed by atoms with Crippen molar-refractivity contribution in [1.29, 1.82) is 5.26 Å². The Morgan fingerprint density at radius 1 is 1.48 bits per heavy atom. The molecule has 1 atom stereocenters. The summed E-state index contributed by atoms with van der Waals surface area (Å²) in [5.41, 5.74) is 0.166. The molecule has 1 amide bonds. The van der Waals surface area contributed by atoms with E-state index in [4.69, 9.17) is 21.6 Å². The number of carbonyl (C=O) groups excluding carboxylic acids is 2. The van der Waals surface area contributed by atoms with E-state index < -0.39 is 30.2 Å². The van der Waals surface area contributed by atoms with E-state index in [1.807, 2.05) is 6.07 Å². The first-order valence-electron chi connectivity index (χ1n) is 7.10. The Morgan fingerprint density at radius 2 is 2.20 bits per heavy atom. The minimum absolute atomic E-state index is 0.194. The van der Waals surface area contributed by atoms with Crippen molar-refractivity contribution < 1.29 is 14.3 Å². The molecule has 1 N–H and O–H groups in total. The number of hydrogen-bond donors (Lipinski definition) is 1. The van der Waals surface area contributed by atoms with Crippen molar-refractivity contribution in [2.45, 2.75) is 19.6 Å². The molecule has 10 heteroatoms. The Hall–Kier alpha value is -3.12. The van der Waals surface area contributed by atoms with Crippen LogP contribution in [0.5, 0.6) is 0 Å². The third-order valence-corrected chi connectivity index (χ3v) is 3.51. The zero-order valence-corrected chi connectivity index (χ0v) is 14.1. The van der Waals surface area contributed by atoms with Crippen molar-refractivity contribution >= 4 is 29.2 Å². The summed E-state index contributed by atoms with van der Waals surface area (Å²) in [5.74, 6) is -1.36. The summed E-state index contributed by atoms with van der Waals surface area (Å²) in [6.07, 6.45) is 0.168. The number of esters is 1. The number of nitriles is 1. The van der Waals surface area contributed by atoms with Gasteiger partial charge in [-0.15, -0.1) is 0 Å². The van der Waals surface area contributed by atoms with E-state index in [2.05, 4.69) is 10.4 Å². The Bertz CT molecular complexity index is 911. The third kappa shape index (κ3) is 4.45. The highest BCUT2D eigenvalue weighted by Gasteiger charge is 2.19. The van der Waals surface area contributed by atoms with E-state index in [9.17, 15) is 14.4 Å². The van der Waals surface area contributed by atoms with Gasteiger partial charge in [0.15, 0.2) is 6.10 Å². The molecule has 0 spiro atoms. The summed E-state index contributed by atoms with van der Waals surface area (Å²) < 4.78 is 7.11. The molecule has 0 bridgehead atoms. The van der Waals surface area contributed by atoms with E-state index in [0.29, 0.717) is 5.69 Å². The summed E-state index contributed by atoms with van der Waals surface area (Å²) in [4.78, 5) is 35.5. The zero-order valence-electron chi connectivity index (χ0n) is 13.4. The van der Waals surface area contributed by atoms with Gasteiger partial charge in [0.25, 0.3) is 5.91 Å². The van der Waals surface area contributed by atoms with Crippen LogP contribution in [-0.4, -0.2) is 32.3 Å². The summed E-state index contributed by atoms with van der Waals surface area (Å²) in [6, 6.07) is 6.29.